The summed E-state index contributed by atoms with van der Waals surface area (Å²) in [6.45, 7) is 3.63. The molecule has 0 saturated carbocycles. The Kier molecular flexibility index (Phi) is 11.5. The second-order valence-electron chi connectivity index (χ2n) is 3.07. The largest absolute Gasteiger partial charge is 1.00 e. The fourth-order valence-electron chi connectivity index (χ4n) is 0.971. The van der Waals surface area contributed by atoms with E-state index in [0.717, 1.165) is 6.92 Å². The Hall–Kier alpha value is 0.0903. The fraction of sp³-hybridized carbons (Fsp3) is 0.556. The maximum absolute atomic E-state index is 8.89. The zero-order valence-corrected chi connectivity index (χ0v) is 12.4. The topological polar surface area (TPSA) is 66.8 Å². The third kappa shape index (κ3) is 7.91. The molecule has 0 aliphatic carbocycles. The summed E-state index contributed by atoms with van der Waals surface area (Å²) in [5.41, 5.74) is 0. The number of aliphatic hydroxyl groups is 1. The minimum absolute atomic E-state index is 0. The van der Waals surface area contributed by atoms with Crippen molar-refractivity contribution < 1.29 is 37.4 Å². The summed E-state index contributed by atoms with van der Waals surface area (Å²) in [4.78, 5) is 12.4. The second-order valence-corrected chi connectivity index (χ2v) is 3.79. The summed E-state index contributed by atoms with van der Waals surface area (Å²) in [6, 6.07) is 0. The van der Waals surface area contributed by atoms with Gasteiger partial charge in [-0.1, -0.05) is 23.2 Å². The van der Waals surface area contributed by atoms with Crippen molar-refractivity contribution in [1.82, 2.24) is 9.80 Å². The van der Waals surface area contributed by atoms with Gasteiger partial charge in [-0.2, -0.15) is 6.67 Å². The van der Waals surface area contributed by atoms with Crippen LogP contribution in [0.3, 0.4) is 0 Å². The van der Waals surface area contributed by atoms with Crippen molar-refractivity contribution >= 4 is 29.2 Å². The molecule has 0 unspecified atom stereocenters. The molecule has 1 heterocycles. The van der Waals surface area contributed by atoms with Crippen LogP contribution in [0.2, 0.25) is 0 Å². The van der Waals surface area contributed by atoms with Crippen LogP contribution < -0.4 is 5.11 Å². The van der Waals surface area contributed by atoms with Gasteiger partial charge in [0, 0.05) is 12.6 Å². The molecule has 17 heavy (non-hydrogen) atoms. The van der Waals surface area contributed by atoms with Crippen molar-refractivity contribution in [2.45, 2.75) is 13.3 Å². The van der Waals surface area contributed by atoms with E-state index in [2.05, 4.69) is 0 Å². The summed E-state index contributed by atoms with van der Waals surface area (Å²) in [5, 5.41) is 18.5. The number of rotatable bonds is 3. The van der Waals surface area contributed by atoms with E-state index in [0.29, 0.717) is 23.3 Å². The third-order valence-corrected chi connectivity index (χ3v) is 2.54. The Balaban J connectivity index is 0. The summed E-state index contributed by atoms with van der Waals surface area (Å²) >= 11 is 11.7. The average Bonchev–Trinajstić information content (AvgIpc) is 2.42. The predicted molar refractivity (Wildman–Crippen MR) is 59.9 cm³/mol. The fourth-order valence-corrected chi connectivity index (χ4v) is 1.39. The van der Waals surface area contributed by atoms with E-state index < -0.39 is 5.97 Å². The number of carboxylic acid groups (broad SMARTS) is 1. The maximum atomic E-state index is 8.89. The van der Waals surface area contributed by atoms with Crippen LogP contribution in [0.1, 0.15) is 13.3 Å². The molecule has 1 aliphatic heterocycles. The van der Waals surface area contributed by atoms with Crippen molar-refractivity contribution in [1.29, 1.82) is 0 Å². The molecule has 5 nitrogen and oxygen atoms in total. The monoisotopic (exact) mass is 375 g/mol. The average molecular weight is 377 g/mol. The van der Waals surface area contributed by atoms with Crippen molar-refractivity contribution in [2.24, 2.45) is 0 Å². The molecular weight excluding hydrogens is 363 g/mol. The number of nitrogens with zero attached hydrogens (tertiary/aromatic N) is 2. The first-order valence-electron chi connectivity index (χ1n) is 4.58. The Labute approximate surface area is 126 Å². The standard InChI is InChI=1S/C7H11Cl2N2O.C2H4O2.Ag/c1-10-5-11(3-2-4-12)7(9)6(10)8;1-2(3)4;/h5,12H,2-4H2,1H3;1H3,(H,3,4);/q-1;;+1/p-1. The zero-order chi connectivity index (χ0) is 12.7. The van der Waals surface area contributed by atoms with E-state index in [1.807, 2.05) is 7.05 Å². The van der Waals surface area contributed by atoms with Crippen LogP contribution in [-0.4, -0.2) is 41.1 Å². The Morgan fingerprint density at radius 2 is 1.94 bits per heavy atom. The van der Waals surface area contributed by atoms with Crippen LogP contribution in [0.15, 0.2) is 10.3 Å². The molecule has 0 aromatic heterocycles. The van der Waals surface area contributed by atoms with Crippen molar-refractivity contribution in [3.05, 3.63) is 17.0 Å². The number of hydrogen-bond donors (Lipinski definition) is 1. The first kappa shape index (κ1) is 19.4. The minimum atomic E-state index is -1.08. The SMILES string of the molecule is CC(=O)[O-].CN1[CH-]N(CCCO)C(Cl)=C1Cl.[Ag+]. The van der Waals surface area contributed by atoms with E-state index >= 15 is 0 Å². The van der Waals surface area contributed by atoms with Gasteiger partial charge in [0.1, 0.15) is 10.3 Å². The number of halogens is 2. The van der Waals surface area contributed by atoms with Crippen molar-refractivity contribution in [2.75, 3.05) is 20.2 Å². The second kappa shape index (κ2) is 10.1. The van der Waals surface area contributed by atoms with Crippen LogP contribution in [0.25, 0.3) is 0 Å². The van der Waals surface area contributed by atoms with Gasteiger partial charge in [0.05, 0.1) is 0 Å². The Morgan fingerprint density at radius 1 is 1.47 bits per heavy atom. The maximum Gasteiger partial charge on any atom is 1.00 e. The summed E-state index contributed by atoms with van der Waals surface area (Å²) in [6.07, 6.45) is 0.685. The summed E-state index contributed by atoms with van der Waals surface area (Å²) in [7, 11) is 1.82. The van der Waals surface area contributed by atoms with E-state index in [-0.39, 0.29) is 29.0 Å². The molecule has 0 aromatic rings. The van der Waals surface area contributed by atoms with E-state index in [1.54, 1.807) is 16.5 Å². The van der Waals surface area contributed by atoms with Gasteiger partial charge in [-0.05, 0) is 26.9 Å². The summed E-state index contributed by atoms with van der Waals surface area (Å²) in [5.74, 6) is -1.08. The van der Waals surface area contributed by atoms with Gasteiger partial charge in [0.15, 0.2) is 0 Å². The van der Waals surface area contributed by atoms with Gasteiger partial charge in [0.25, 0.3) is 0 Å². The number of aliphatic hydroxyl groups excluding tert-OH is 1. The van der Waals surface area contributed by atoms with Crippen LogP contribution in [-0.2, 0) is 27.2 Å². The molecule has 1 N–H and O–H groups in total. The molecule has 8 heteroatoms. The molecule has 0 spiro atoms. The van der Waals surface area contributed by atoms with E-state index in [4.69, 9.17) is 38.2 Å². The first-order valence-corrected chi connectivity index (χ1v) is 5.34. The molecule has 0 saturated heterocycles. The number of carbonyl (C=O) groups is 1. The third-order valence-electron chi connectivity index (χ3n) is 1.60. The van der Waals surface area contributed by atoms with Crippen LogP contribution in [0.5, 0.6) is 0 Å². The van der Waals surface area contributed by atoms with E-state index in [9.17, 15) is 0 Å². The molecule has 0 aromatic carbocycles. The van der Waals surface area contributed by atoms with Gasteiger partial charge < -0.3 is 24.8 Å². The molecule has 0 fully saturated rings. The van der Waals surface area contributed by atoms with Crippen LogP contribution in [0, 0.1) is 6.67 Å². The van der Waals surface area contributed by atoms with Crippen molar-refractivity contribution in [3.8, 4) is 0 Å². The molecule has 1 aliphatic rings. The first-order chi connectivity index (χ1) is 7.40. The molecule has 1 rings (SSSR count). The Bertz CT molecular complexity index is 273. The minimum Gasteiger partial charge on any atom is -0.550 e. The molecule has 0 amide bonds. The predicted octanol–water partition coefficient (Wildman–Crippen LogP) is 0.0934. The number of aliphatic carboxylic acids is 1. The number of carbonyl (C=O) groups excluding carboxylic acids is 1. The molecular formula is C9H14AgCl2N2O3-. The molecule has 104 valence electrons. The molecule has 0 atom stereocenters. The quantitative estimate of drug-likeness (QED) is 0.429. The molecule has 0 bridgehead atoms. The Morgan fingerprint density at radius 3 is 2.24 bits per heavy atom. The summed E-state index contributed by atoms with van der Waals surface area (Å²) < 4.78 is 0. The smallest absolute Gasteiger partial charge is 0.550 e. The van der Waals surface area contributed by atoms with Gasteiger partial charge in [0.2, 0.25) is 0 Å². The van der Waals surface area contributed by atoms with Crippen molar-refractivity contribution in [3.63, 3.8) is 0 Å². The zero-order valence-electron chi connectivity index (χ0n) is 9.41. The number of carboxylic acids is 1. The van der Waals surface area contributed by atoms with Gasteiger partial charge >= 0.3 is 22.4 Å². The van der Waals surface area contributed by atoms with Gasteiger partial charge in [-0.25, -0.2) is 0 Å². The van der Waals surface area contributed by atoms with E-state index in [1.165, 1.54) is 0 Å². The molecule has 0 radical (unpaired) electrons. The van der Waals surface area contributed by atoms with Gasteiger partial charge in [-0.3, -0.25) is 0 Å². The normalized spacial score (nSPS) is 14.2. The van der Waals surface area contributed by atoms with Gasteiger partial charge in [-0.15, -0.1) is 0 Å². The van der Waals surface area contributed by atoms with Crippen LogP contribution >= 0.6 is 23.2 Å². The van der Waals surface area contributed by atoms with Crippen LogP contribution in [0.4, 0.5) is 0 Å². The number of hydrogen-bond acceptors (Lipinski definition) is 5.